The molecule has 0 spiro atoms. The number of nitrogen functional groups attached to an aromatic ring is 1. The van der Waals surface area contributed by atoms with E-state index in [1.54, 1.807) is 19.2 Å². The van der Waals surface area contributed by atoms with E-state index >= 15 is 0 Å². The Hall–Kier alpha value is -1.96. The van der Waals surface area contributed by atoms with Crippen LogP contribution >= 0.6 is 11.8 Å². The molecule has 88 valence electrons. The molecule has 2 rings (SSSR count). The lowest BCUT2D eigenvalue weighted by Crippen LogP contribution is -2.14. The summed E-state index contributed by atoms with van der Waals surface area (Å²) in [5, 5.41) is 18.8. The normalized spacial score (nSPS) is 10.5. The molecular weight excluding hydrogens is 243 g/mol. The van der Waals surface area contributed by atoms with Gasteiger partial charge >= 0.3 is 0 Å². The first-order valence-corrected chi connectivity index (χ1v) is 5.44. The molecule has 1 aromatic heterocycles. The summed E-state index contributed by atoms with van der Waals surface area (Å²) in [6.07, 6.45) is 0. The van der Waals surface area contributed by atoms with Gasteiger partial charge in [-0.25, -0.2) is 9.07 Å². The van der Waals surface area contributed by atoms with Crippen molar-refractivity contribution in [3.63, 3.8) is 0 Å². The van der Waals surface area contributed by atoms with Gasteiger partial charge in [0.25, 0.3) is 0 Å². The second kappa shape index (κ2) is 4.50. The van der Waals surface area contributed by atoms with E-state index < -0.39 is 5.82 Å². The van der Waals surface area contributed by atoms with Crippen LogP contribution in [-0.4, -0.2) is 26.0 Å². The van der Waals surface area contributed by atoms with Crippen LogP contribution in [-0.2, 0) is 7.05 Å². The van der Waals surface area contributed by atoms with E-state index in [-0.39, 0.29) is 11.4 Å². The van der Waals surface area contributed by atoms with Gasteiger partial charge < -0.3 is 5.73 Å². The first-order chi connectivity index (χ1) is 8.09. The van der Waals surface area contributed by atoms with E-state index in [2.05, 4.69) is 15.5 Å². The number of benzene rings is 1. The second-order valence-electron chi connectivity index (χ2n) is 3.21. The van der Waals surface area contributed by atoms with E-state index in [0.717, 1.165) is 11.8 Å². The predicted molar refractivity (Wildman–Crippen MR) is 60.3 cm³/mol. The third-order valence-electron chi connectivity index (χ3n) is 2.03. The van der Waals surface area contributed by atoms with Crippen LogP contribution < -0.4 is 5.73 Å². The Bertz CT molecular complexity index is 566. The summed E-state index contributed by atoms with van der Waals surface area (Å²) in [6.45, 7) is 0. The number of nitrogens with two attached hydrogens (primary N) is 1. The standard InChI is InChI=1S/C9H9FN6S/c1-16-9(13-14-15-16)17-6-4-2-3-5(10)7(6)8(11)12/h2-4H,1H3,(H3,11,12). The number of rotatable bonds is 3. The van der Waals surface area contributed by atoms with Crippen molar-refractivity contribution in [2.24, 2.45) is 12.8 Å². The number of hydrogen-bond donors (Lipinski definition) is 2. The van der Waals surface area contributed by atoms with Crippen LogP contribution in [0.5, 0.6) is 0 Å². The van der Waals surface area contributed by atoms with Crippen LogP contribution in [0.3, 0.4) is 0 Å². The smallest absolute Gasteiger partial charge is 0.213 e. The molecule has 0 atom stereocenters. The zero-order valence-electron chi connectivity index (χ0n) is 8.88. The van der Waals surface area contributed by atoms with Gasteiger partial charge in [-0.05, 0) is 34.3 Å². The highest BCUT2D eigenvalue weighted by Crippen LogP contribution is 2.29. The van der Waals surface area contributed by atoms with Crippen molar-refractivity contribution in [2.75, 3.05) is 0 Å². The van der Waals surface area contributed by atoms with Gasteiger partial charge in [-0.3, -0.25) is 5.41 Å². The highest BCUT2D eigenvalue weighted by Gasteiger charge is 2.14. The summed E-state index contributed by atoms with van der Waals surface area (Å²) in [5.41, 5.74) is 5.42. The first-order valence-electron chi connectivity index (χ1n) is 4.62. The van der Waals surface area contributed by atoms with Crippen molar-refractivity contribution >= 4 is 17.6 Å². The van der Waals surface area contributed by atoms with Gasteiger partial charge in [0, 0.05) is 11.9 Å². The van der Waals surface area contributed by atoms with Crippen molar-refractivity contribution in [1.29, 1.82) is 5.41 Å². The highest BCUT2D eigenvalue weighted by molar-refractivity contribution is 7.99. The predicted octanol–water partition coefficient (Wildman–Crippen LogP) is 0.784. The molecule has 0 aliphatic carbocycles. The summed E-state index contributed by atoms with van der Waals surface area (Å²) >= 11 is 1.16. The Kier molecular flexibility index (Phi) is 3.05. The number of nitrogens with one attached hydrogen (secondary N) is 1. The van der Waals surface area contributed by atoms with Gasteiger partial charge in [0.05, 0.1) is 5.56 Å². The molecule has 0 amide bonds. The van der Waals surface area contributed by atoms with Crippen LogP contribution in [0, 0.1) is 11.2 Å². The molecule has 6 nitrogen and oxygen atoms in total. The number of tetrazole rings is 1. The average molecular weight is 252 g/mol. The number of nitrogens with zero attached hydrogens (tertiary/aromatic N) is 4. The third-order valence-corrected chi connectivity index (χ3v) is 3.12. The zero-order chi connectivity index (χ0) is 12.4. The van der Waals surface area contributed by atoms with E-state index in [1.807, 2.05) is 0 Å². The van der Waals surface area contributed by atoms with Crippen LogP contribution in [0.1, 0.15) is 5.56 Å². The Morgan fingerprint density at radius 1 is 1.53 bits per heavy atom. The maximum Gasteiger partial charge on any atom is 0.213 e. The number of halogens is 1. The molecule has 1 heterocycles. The molecule has 1 aromatic carbocycles. The zero-order valence-corrected chi connectivity index (χ0v) is 9.70. The molecule has 2 aromatic rings. The van der Waals surface area contributed by atoms with Crippen LogP contribution in [0.4, 0.5) is 4.39 Å². The fourth-order valence-corrected chi connectivity index (χ4v) is 2.16. The van der Waals surface area contributed by atoms with Crippen LogP contribution in [0.15, 0.2) is 28.3 Å². The van der Waals surface area contributed by atoms with Gasteiger partial charge in [-0.1, -0.05) is 6.07 Å². The SMILES string of the molecule is Cn1nnnc1Sc1cccc(F)c1C(=N)N. The molecule has 0 aliphatic rings. The lowest BCUT2D eigenvalue weighted by Gasteiger charge is -2.07. The lowest BCUT2D eigenvalue weighted by molar-refractivity contribution is 0.620. The lowest BCUT2D eigenvalue weighted by atomic mass is 10.2. The minimum atomic E-state index is -0.530. The van der Waals surface area contributed by atoms with Crippen molar-refractivity contribution in [2.45, 2.75) is 10.1 Å². The van der Waals surface area contributed by atoms with Crippen molar-refractivity contribution in [3.05, 3.63) is 29.6 Å². The minimum absolute atomic E-state index is 0.0699. The van der Waals surface area contributed by atoms with Gasteiger partial charge in [-0.15, -0.1) is 5.10 Å². The van der Waals surface area contributed by atoms with Crippen LogP contribution in [0.2, 0.25) is 0 Å². The summed E-state index contributed by atoms with van der Waals surface area (Å²) in [4.78, 5) is 0.510. The quantitative estimate of drug-likeness (QED) is 0.622. The molecule has 0 saturated heterocycles. The molecule has 0 aliphatic heterocycles. The minimum Gasteiger partial charge on any atom is -0.384 e. The fraction of sp³-hybridized carbons (Fsp3) is 0.111. The van der Waals surface area contributed by atoms with Gasteiger partial charge in [0.15, 0.2) is 0 Å². The summed E-state index contributed by atoms with van der Waals surface area (Å²) < 4.78 is 15.0. The second-order valence-corrected chi connectivity index (χ2v) is 4.22. The number of aryl methyl sites for hydroxylation is 1. The Morgan fingerprint density at radius 3 is 2.88 bits per heavy atom. The molecule has 0 fully saturated rings. The van der Waals surface area contributed by atoms with Gasteiger partial charge in [0.2, 0.25) is 5.16 Å². The summed E-state index contributed by atoms with van der Waals surface area (Å²) in [6, 6.07) is 4.47. The molecule has 17 heavy (non-hydrogen) atoms. The number of hydrogen-bond acceptors (Lipinski definition) is 5. The maximum atomic E-state index is 13.5. The van der Waals surface area contributed by atoms with Crippen molar-refractivity contribution < 1.29 is 4.39 Å². The van der Waals surface area contributed by atoms with E-state index in [9.17, 15) is 4.39 Å². The summed E-state index contributed by atoms with van der Waals surface area (Å²) in [7, 11) is 1.68. The molecular formula is C9H9FN6S. The van der Waals surface area contributed by atoms with Gasteiger partial charge in [0.1, 0.15) is 11.7 Å². The average Bonchev–Trinajstić information content (AvgIpc) is 2.64. The Labute approximate surface area is 101 Å². The highest BCUT2D eigenvalue weighted by atomic mass is 32.2. The molecule has 3 N–H and O–H groups in total. The molecule has 0 bridgehead atoms. The molecule has 8 heteroatoms. The van der Waals surface area contributed by atoms with E-state index in [0.29, 0.717) is 10.1 Å². The molecule has 0 unspecified atom stereocenters. The van der Waals surface area contributed by atoms with Crippen LogP contribution in [0.25, 0.3) is 0 Å². The fourth-order valence-electron chi connectivity index (χ4n) is 1.26. The number of aromatic nitrogens is 4. The van der Waals surface area contributed by atoms with E-state index in [4.69, 9.17) is 11.1 Å². The Balaban J connectivity index is 2.43. The monoisotopic (exact) mass is 252 g/mol. The number of amidine groups is 1. The van der Waals surface area contributed by atoms with Crippen molar-refractivity contribution in [1.82, 2.24) is 20.2 Å². The van der Waals surface area contributed by atoms with Crippen molar-refractivity contribution in [3.8, 4) is 0 Å². The largest absolute Gasteiger partial charge is 0.384 e. The Morgan fingerprint density at radius 2 is 2.29 bits per heavy atom. The molecule has 0 saturated carbocycles. The van der Waals surface area contributed by atoms with Gasteiger partial charge in [-0.2, -0.15) is 0 Å². The first kappa shape index (κ1) is 11.5. The topological polar surface area (TPSA) is 93.5 Å². The maximum absolute atomic E-state index is 13.5. The van der Waals surface area contributed by atoms with E-state index in [1.165, 1.54) is 10.7 Å². The molecule has 0 radical (unpaired) electrons. The summed E-state index contributed by atoms with van der Waals surface area (Å²) in [5.74, 6) is -0.849. The third kappa shape index (κ3) is 2.26.